The van der Waals surface area contributed by atoms with E-state index in [0.29, 0.717) is 25.8 Å². The number of carbonyl (C=O) groups excluding carboxylic acids is 2. The molecular formula is C29H30BrCl2N3O4S. The van der Waals surface area contributed by atoms with Crippen molar-refractivity contribution >= 4 is 66.7 Å². The zero-order valence-corrected chi connectivity index (χ0v) is 25.8. The Morgan fingerprint density at radius 3 is 2.23 bits per heavy atom. The van der Waals surface area contributed by atoms with Crippen LogP contribution in [0.1, 0.15) is 38.2 Å². The molecule has 0 aromatic heterocycles. The van der Waals surface area contributed by atoms with E-state index in [1.165, 1.54) is 17.0 Å². The molecule has 1 atom stereocenters. The second-order valence-electron chi connectivity index (χ2n) is 9.69. The van der Waals surface area contributed by atoms with Gasteiger partial charge in [-0.25, -0.2) is 8.42 Å². The number of benzene rings is 3. The first kappa shape index (κ1) is 30.4. The van der Waals surface area contributed by atoms with E-state index in [9.17, 15) is 18.0 Å². The minimum atomic E-state index is -4.14. The molecule has 212 valence electrons. The molecule has 3 aromatic carbocycles. The van der Waals surface area contributed by atoms with E-state index in [4.69, 9.17) is 23.2 Å². The highest BCUT2D eigenvalue weighted by Gasteiger charge is 2.34. The van der Waals surface area contributed by atoms with Crippen molar-refractivity contribution in [3.8, 4) is 0 Å². The third-order valence-corrected chi connectivity index (χ3v) is 9.95. The van der Waals surface area contributed by atoms with Crippen LogP contribution in [0.2, 0.25) is 10.0 Å². The molecule has 0 heterocycles. The Balaban J connectivity index is 1.71. The van der Waals surface area contributed by atoms with Crippen LogP contribution in [0.3, 0.4) is 0 Å². The summed E-state index contributed by atoms with van der Waals surface area (Å²) in [5.41, 5.74) is 0.769. The first-order valence-electron chi connectivity index (χ1n) is 12.9. The lowest BCUT2D eigenvalue weighted by molar-refractivity contribution is -0.139. The molecule has 1 saturated carbocycles. The van der Waals surface area contributed by atoms with Gasteiger partial charge in [0.1, 0.15) is 12.6 Å². The fourth-order valence-electron chi connectivity index (χ4n) is 4.71. The van der Waals surface area contributed by atoms with Gasteiger partial charge in [0.05, 0.1) is 10.6 Å². The van der Waals surface area contributed by atoms with Crippen LogP contribution in [-0.4, -0.2) is 43.8 Å². The lowest BCUT2D eigenvalue weighted by Gasteiger charge is -2.33. The minimum Gasteiger partial charge on any atom is -0.352 e. The number of nitrogens with one attached hydrogen (secondary N) is 1. The Bertz CT molecular complexity index is 1450. The second-order valence-corrected chi connectivity index (χ2v) is 13.3. The summed E-state index contributed by atoms with van der Waals surface area (Å²) in [6.45, 7) is 1.01. The number of rotatable bonds is 10. The SMILES string of the molecule is CC(C(=O)NC1CCCC1)N(Cc1c(Cl)cccc1Cl)C(=O)CN(c1cccc(Br)c1)S(=O)(=O)c1ccccc1. The molecule has 0 radical (unpaired) electrons. The smallest absolute Gasteiger partial charge is 0.264 e. The van der Waals surface area contributed by atoms with Gasteiger partial charge >= 0.3 is 0 Å². The number of sulfonamides is 1. The Kier molecular flexibility index (Phi) is 10.2. The fourth-order valence-corrected chi connectivity index (χ4v) is 7.04. The van der Waals surface area contributed by atoms with Crippen molar-refractivity contribution < 1.29 is 18.0 Å². The molecule has 0 spiro atoms. The highest BCUT2D eigenvalue weighted by atomic mass is 79.9. The number of halogens is 3. The molecule has 1 N–H and O–H groups in total. The Hall–Kier alpha value is -2.59. The molecule has 11 heteroatoms. The van der Waals surface area contributed by atoms with E-state index < -0.39 is 28.5 Å². The number of hydrogen-bond donors (Lipinski definition) is 1. The van der Waals surface area contributed by atoms with Gasteiger partial charge < -0.3 is 10.2 Å². The highest BCUT2D eigenvalue weighted by Crippen LogP contribution is 2.29. The third kappa shape index (κ3) is 7.18. The molecule has 2 amide bonds. The normalized spacial score (nSPS) is 14.5. The summed E-state index contributed by atoms with van der Waals surface area (Å²) in [4.78, 5) is 28.7. The van der Waals surface area contributed by atoms with Crippen LogP contribution in [0.5, 0.6) is 0 Å². The maximum absolute atomic E-state index is 14.0. The Labute approximate surface area is 253 Å². The van der Waals surface area contributed by atoms with Crippen LogP contribution in [-0.2, 0) is 26.2 Å². The van der Waals surface area contributed by atoms with Crippen LogP contribution in [0.4, 0.5) is 5.69 Å². The highest BCUT2D eigenvalue weighted by molar-refractivity contribution is 9.10. The van der Waals surface area contributed by atoms with Crippen molar-refractivity contribution in [3.05, 3.63) is 92.9 Å². The average molecular weight is 667 g/mol. The van der Waals surface area contributed by atoms with Gasteiger partial charge in [-0.1, -0.05) is 82.3 Å². The molecule has 1 unspecified atom stereocenters. The van der Waals surface area contributed by atoms with E-state index in [-0.39, 0.29) is 23.4 Å². The molecule has 7 nitrogen and oxygen atoms in total. The number of hydrogen-bond acceptors (Lipinski definition) is 4. The van der Waals surface area contributed by atoms with Crippen molar-refractivity contribution in [2.75, 3.05) is 10.8 Å². The minimum absolute atomic E-state index is 0.0375. The van der Waals surface area contributed by atoms with Gasteiger partial charge in [-0.2, -0.15) is 0 Å². The standard InChI is InChI=1S/C29H30BrCl2N3O4S/c1-20(29(37)33-22-10-5-6-11-22)34(18-25-26(31)15-8-16-27(25)32)28(36)19-35(23-12-7-9-21(30)17-23)40(38,39)24-13-3-2-4-14-24/h2-4,7-9,12-17,20,22H,5-6,10-11,18-19H2,1H3,(H,33,37). The first-order chi connectivity index (χ1) is 19.1. The lowest BCUT2D eigenvalue weighted by Crippen LogP contribution is -2.52. The molecule has 40 heavy (non-hydrogen) atoms. The lowest BCUT2D eigenvalue weighted by atomic mass is 10.1. The maximum atomic E-state index is 14.0. The number of anilines is 1. The van der Waals surface area contributed by atoms with E-state index >= 15 is 0 Å². The summed E-state index contributed by atoms with van der Waals surface area (Å²) in [6.07, 6.45) is 3.84. The molecule has 4 rings (SSSR count). The molecule has 3 aromatic rings. The largest absolute Gasteiger partial charge is 0.352 e. The van der Waals surface area contributed by atoms with Crippen LogP contribution in [0.15, 0.2) is 82.2 Å². The van der Waals surface area contributed by atoms with E-state index in [2.05, 4.69) is 21.2 Å². The molecule has 1 fully saturated rings. The van der Waals surface area contributed by atoms with E-state index in [1.807, 2.05) is 0 Å². The summed E-state index contributed by atoms with van der Waals surface area (Å²) in [5, 5.41) is 3.72. The van der Waals surface area contributed by atoms with Gasteiger partial charge in [-0.3, -0.25) is 13.9 Å². The van der Waals surface area contributed by atoms with Crippen LogP contribution in [0, 0.1) is 0 Å². The van der Waals surface area contributed by atoms with E-state index in [1.54, 1.807) is 67.6 Å². The summed E-state index contributed by atoms with van der Waals surface area (Å²) in [7, 11) is -4.14. The Morgan fingerprint density at radius 2 is 1.60 bits per heavy atom. The summed E-state index contributed by atoms with van der Waals surface area (Å²) < 4.78 is 29.3. The third-order valence-electron chi connectivity index (χ3n) is 6.97. The first-order valence-corrected chi connectivity index (χ1v) is 15.9. The Morgan fingerprint density at radius 1 is 0.975 bits per heavy atom. The summed E-state index contributed by atoms with van der Waals surface area (Å²) in [6, 6.07) is 18.7. The van der Waals surface area contributed by atoms with Crippen LogP contribution < -0.4 is 9.62 Å². The predicted octanol–water partition coefficient (Wildman–Crippen LogP) is 6.43. The summed E-state index contributed by atoms with van der Waals surface area (Å²) in [5.74, 6) is -0.895. The zero-order valence-electron chi connectivity index (χ0n) is 21.9. The molecule has 0 aliphatic heterocycles. The van der Waals surface area contributed by atoms with Crippen molar-refractivity contribution in [3.63, 3.8) is 0 Å². The van der Waals surface area contributed by atoms with E-state index in [0.717, 1.165) is 30.0 Å². The molecule has 0 saturated heterocycles. The topological polar surface area (TPSA) is 86.8 Å². The number of nitrogens with zero attached hydrogens (tertiary/aromatic N) is 2. The van der Waals surface area contributed by atoms with Gasteiger partial charge in [0.2, 0.25) is 11.8 Å². The maximum Gasteiger partial charge on any atom is 0.264 e. The monoisotopic (exact) mass is 665 g/mol. The van der Waals surface area contributed by atoms with Gasteiger partial charge in [0, 0.05) is 32.7 Å². The van der Waals surface area contributed by atoms with Crippen LogP contribution in [0.25, 0.3) is 0 Å². The predicted molar refractivity (Wildman–Crippen MR) is 162 cm³/mol. The van der Waals surface area contributed by atoms with Gasteiger partial charge in [-0.05, 0) is 62.2 Å². The van der Waals surface area contributed by atoms with Crippen LogP contribution >= 0.6 is 39.1 Å². The van der Waals surface area contributed by atoms with Crippen molar-refractivity contribution in [2.24, 2.45) is 0 Å². The molecular weight excluding hydrogens is 637 g/mol. The van der Waals surface area contributed by atoms with Crippen molar-refractivity contribution in [1.29, 1.82) is 0 Å². The number of amides is 2. The van der Waals surface area contributed by atoms with Gasteiger partial charge in [0.25, 0.3) is 10.0 Å². The van der Waals surface area contributed by atoms with Gasteiger partial charge in [-0.15, -0.1) is 0 Å². The zero-order chi connectivity index (χ0) is 28.9. The average Bonchev–Trinajstić information content (AvgIpc) is 3.44. The van der Waals surface area contributed by atoms with Crippen molar-refractivity contribution in [1.82, 2.24) is 10.2 Å². The second kappa shape index (κ2) is 13.4. The van der Waals surface area contributed by atoms with Gasteiger partial charge in [0.15, 0.2) is 0 Å². The van der Waals surface area contributed by atoms with Crippen molar-refractivity contribution in [2.45, 2.75) is 56.1 Å². The quantitative estimate of drug-likeness (QED) is 0.270. The summed E-state index contributed by atoms with van der Waals surface area (Å²) >= 11 is 16.3. The molecule has 0 bridgehead atoms. The molecule has 1 aliphatic rings. The fraction of sp³-hybridized carbons (Fsp3) is 0.310. The molecule has 1 aliphatic carbocycles. The number of carbonyl (C=O) groups is 2.